The summed E-state index contributed by atoms with van der Waals surface area (Å²) in [6, 6.07) is 8.90. The molecule has 0 radical (unpaired) electrons. The second-order valence-electron chi connectivity index (χ2n) is 6.36. The van der Waals surface area contributed by atoms with Crippen LogP contribution in [0.4, 0.5) is 4.79 Å². The number of rotatable bonds is 2. The van der Waals surface area contributed by atoms with Crippen molar-refractivity contribution in [3.8, 4) is 0 Å². The molecule has 2 aromatic rings. The van der Waals surface area contributed by atoms with Gasteiger partial charge in [0.25, 0.3) is 0 Å². The second-order valence-corrected chi connectivity index (χ2v) is 6.36. The van der Waals surface area contributed by atoms with Crippen LogP contribution in [-0.2, 0) is 9.47 Å². The first-order chi connectivity index (χ1) is 10.2. The smallest absolute Gasteiger partial charge is 0.419 e. The third kappa shape index (κ3) is 3.47. The SMILES string of the molecule is CC(C)OC(=O)c1cc2ccccc2n1C(=O)OC(C)(C)C. The van der Waals surface area contributed by atoms with Gasteiger partial charge in [0.05, 0.1) is 11.6 Å². The molecule has 0 bridgehead atoms. The molecule has 0 fully saturated rings. The maximum Gasteiger partial charge on any atom is 0.419 e. The molecule has 5 heteroatoms. The summed E-state index contributed by atoms with van der Waals surface area (Å²) in [6.07, 6.45) is -0.859. The van der Waals surface area contributed by atoms with Gasteiger partial charge in [0.1, 0.15) is 11.3 Å². The Morgan fingerprint density at radius 1 is 1.14 bits per heavy atom. The third-order valence-electron chi connectivity index (χ3n) is 2.84. The number of ether oxygens (including phenoxy) is 2. The van der Waals surface area contributed by atoms with E-state index in [9.17, 15) is 9.59 Å². The standard InChI is InChI=1S/C17H21NO4/c1-11(2)21-15(19)14-10-12-8-6-7-9-13(12)18(14)16(20)22-17(3,4)5/h6-11H,1-5H3. The molecule has 5 nitrogen and oxygen atoms in total. The van der Waals surface area contributed by atoms with Crippen LogP contribution in [0.5, 0.6) is 0 Å². The van der Waals surface area contributed by atoms with Crippen LogP contribution in [0.3, 0.4) is 0 Å². The Hall–Kier alpha value is -2.30. The number of aromatic nitrogens is 1. The lowest BCUT2D eigenvalue weighted by Crippen LogP contribution is -2.29. The van der Waals surface area contributed by atoms with Crippen molar-refractivity contribution < 1.29 is 19.1 Å². The fraction of sp³-hybridized carbons (Fsp3) is 0.412. The fourth-order valence-corrected chi connectivity index (χ4v) is 2.08. The Kier molecular flexibility index (Phi) is 4.26. The van der Waals surface area contributed by atoms with Crippen LogP contribution >= 0.6 is 0 Å². The summed E-state index contributed by atoms with van der Waals surface area (Å²) in [7, 11) is 0. The minimum atomic E-state index is -0.651. The van der Waals surface area contributed by atoms with Gasteiger partial charge in [0, 0.05) is 5.39 Å². The maximum absolute atomic E-state index is 12.5. The van der Waals surface area contributed by atoms with E-state index in [1.54, 1.807) is 52.8 Å². The zero-order chi connectivity index (χ0) is 16.5. The predicted molar refractivity (Wildman–Crippen MR) is 84.1 cm³/mol. The van der Waals surface area contributed by atoms with Gasteiger partial charge in [0.15, 0.2) is 0 Å². The molecule has 0 aliphatic rings. The molecule has 0 amide bonds. The molecular weight excluding hydrogens is 282 g/mol. The van der Waals surface area contributed by atoms with Gasteiger partial charge < -0.3 is 9.47 Å². The molecule has 1 aromatic heterocycles. The van der Waals surface area contributed by atoms with Crippen molar-refractivity contribution in [1.82, 2.24) is 4.57 Å². The van der Waals surface area contributed by atoms with Crippen molar-refractivity contribution in [2.45, 2.75) is 46.3 Å². The van der Waals surface area contributed by atoms with Crippen molar-refractivity contribution >= 4 is 23.0 Å². The molecule has 0 atom stereocenters. The second kappa shape index (κ2) is 5.83. The monoisotopic (exact) mass is 303 g/mol. The van der Waals surface area contributed by atoms with Crippen molar-refractivity contribution in [1.29, 1.82) is 0 Å². The van der Waals surface area contributed by atoms with Crippen molar-refractivity contribution in [2.24, 2.45) is 0 Å². The molecule has 1 aromatic carbocycles. The van der Waals surface area contributed by atoms with Crippen LogP contribution in [-0.4, -0.2) is 28.3 Å². The number of hydrogen-bond acceptors (Lipinski definition) is 4. The summed E-state index contributed by atoms with van der Waals surface area (Å²) in [5.74, 6) is -0.544. The van der Waals surface area contributed by atoms with E-state index in [1.807, 2.05) is 12.1 Å². The van der Waals surface area contributed by atoms with Crippen LogP contribution in [0.25, 0.3) is 10.9 Å². The van der Waals surface area contributed by atoms with Crippen molar-refractivity contribution in [3.05, 3.63) is 36.0 Å². The van der Waals surface area contributed by atoms with E-state index < -0.39 is 17.7 Å². The summed E-state index contributed by atoms with van der Waals surface area (Å²) in [5.41, 5.74) is 0.137. The lowest BCUT2D eigenvalue weighted by molar-refractivity contribution is 0.0340. The summed E-state index contributed by atoms with van der Waals surface area (Å²) in [5, 5.41) is 0.782. The third-order valence-corrected chi connectivity index (χ3v) is 2.84. The Morgan fingerprint density at radius 2 is 1.77 bits per heavy atom. The average Bonchev–Trinajstić information content (AvgIpc) is 2.75. The number of hydrogen-bond donors (Lipinski definition) is 0. The van der Waals surface area contributed by atoms with Gasteiger partial charge in [-0.2, -0.15) is 0 Å². The zero-order valence-corrected chi connectivity index (χ0v) is 13.5. The highest BCUT2D eigenvalue weighted by Crippen LogP contribution is 2.22. The van der Waals surface area contributed by atoms with Crippen LogP contribution in [0, 0.1) is 0 Å². The first-order valence-electron chi connectivity index (χ1n) is 7.24. The van der Waals surface area contributed by atoms with Gasteiger partial charge in [-0.15, -0.1) is 0 Å². The number of carbonyl (C=O) groups excluding carboxylic acids is 2. The summed E-state index contributed by atoms with van der Waals surface area (Å²) in [6.45, 7) is 8.87. The highest BCUT2D eigenvalue weighted by molar-refractivity contribution is 6.01. The Morgan fingerprint density at radius 3 is 2.36 bits per heavy atom. The number of benzene rings is 1. The fourth-order valence-electron chi connectivity index (χ4n) is 2.08. The Bertz CT molecular complexity index is 707. The van der Waals surface area contributed by atoms with E-state index in [1.165, 1.54) is 4.57 Å². The van der Waals surface area contributed by atoms with E-state index in [-0.39, 0.29) is 11.8 Å². The zero-order valence-electron chi connectivity index (χ0n) is 13.5. The molecule has 0 N–H and O–H groups in total. The molecule has 1 heterocycles. The molecule has 22 heavy (non-hydrogen) atoms. The lowest BCUT2D eigenvalue weighted by atomic mass is 10.2. The molecule has 118 valence electrons. The van der Waals surface area contributed by atoms with Gasteiger partial charge in [-0.1, -0.05) is 18.2 Å². The van der Waals surface area contributed by atoms with Crippen LogP contribution < -0.4 is 0 Å². The lowest BCUT2D eigenvalue weighted by Gasteiger charge is -2.20. The topological polar surface area (TPSA) is 57.5 Å². The number of esters is 1. The Labute approximate surface area is 129 Å². The molecule has 0 aliphatic heterocycles. The van der Waals surface area contributed by atoms with Gasteiger partial charge >= 0.3 is 12.1 Å². The maximum atomic E-state index is 12.5. The first-order valence-corrected chi connectivity index (χ1v) is 7.24. The van der Waals surface area contributed by atoms with E-state index in [0.717, 1.165) is 5.39 Å². The average molecular weight is 303 g/mol. The molecule has 0 saturated heterocycles. The van der Waals surface area contributed by atoms with E-state index in [4.69, 9.17) is 9.47 Å². The van der Waals surface area contributed by atoms with Crippen LogP contribution in [0.2, 0.25) is 0 Å². The molecule has 0 spiro atoms. The van der Waals surface area contributed by atoms with Crippen LogP contribution in [0.1, 0.15) is 45.1 Å². The van der Waals surface area contributed by atoms with E-state index in [2.05, 4.69) is 0 Å². The molecule has 0 saturated carbocycles. The van der Waals surface area contributed by atoms with E-state index >= 15 is 0 Å². The number of carbonyl (C=O) groups is 2. The Balaban J connectivity index is 2.53. The van der Waals surface area contributed by atoms with Gasteiger partial charge in [0.2, 0.25) is 0 Å². The van der Waals surface area contributed by atoms with Crippen LogP contribution in [0.15, 0.2) is 30.3 Å². The summed E-state index contributed by atoms with van der Waals surface area (Å²) in [4.78, 5) is 24.7. The first kappa shape index (κ1) is 16.1. The van der Waals surface area contributed by atoms with Crippen molar-refractivity contribution in [3.63, 3.8) is 0 Å². The number of fused-ring (bicyclic) bond motifs is 1. The summed E-state index contributed by atoms with van der Waals surface area (Å²) < 4.78 is 11.9. The quantitative estimate of drug-likeness (QED) is 0.787. The highest BCUT2D eigenvalue weighted by Gasteiger charge is 2.26. The molecular formula is C17H21NO4. The largest absolute Gasteiger partial charge is 0.458 e. The van der Waals surface area contributed by atoms with E-state index in [0.29, 0.717) is 5.52 Å². The summed E-state index contributed by atoms with van der Waals surface area (Å²) >= 11 is 0. The number of nitrogens with zero attached hydrogens (tertiary/aromatic N) is 1. The minimum Gasteiger partial charge on any atom is -0.458 e. The number of para-hydroxylation sites is 1. The minimum absolute atomic E-state index is 0.171. The van der Waals surface area contributed by atoms with Gasteiger partial charge in [-0.25, -0.2) is 14.2 Å². The highest BCUT2D eigenvalue weighted by atomic mass is 16.6. The normalized spacial score (nSPS) is 11.7. The van der Waals surface area contributed by atoms with Crippen molar-refractivity contribution in [2.75, 3.05) is 0 Å². The van der Waals surface area contributed by atoms with Gasteiger partial charge in [-0.05, 0) is 46.8 Å². The van der Waals surface area contributed by atoms with Gasteiger partial charge in [-0.3, -0.25) is 0 Å². The molecule has 2 rings (SSSR count). The molecule has 0 aliphatic carbocycles. The molecule has 0 unspecified atom stereocenters. The predicted octanol–water partition coefficient (Wildman–Crippen LogP) is 3.99.